The van der Waals surface area contributed by atoms with Crippen molar-refractivity contribution >= 4 is 5.82 Å². The van der Waals surface area contributed by atoms with E-state index in [1.807, 2.05) is 0 Å². The molecule has 0 spiro atoms. The van der Waals surface area contributed by atoms with Crippen molar-refractivity contribution in [2.45, 2.75) is 13.3 Å². The van der Waals surface area contributed by atoms with Crippen LogP contribution < -0.4 is 4.90 Å². The predicted octanol–water partition coefficient (Wildman–Crippen LogP) is 1.19. The van der Waals surface area contributed by atoms with Gasteiger partial charge in [0.1, 0.15) is 6.07 Å². The van der Waals surface area contributed by atoms with Crippen LogP contribution in [0.5, 0.6) is 0 Å². The van der Waals surface area contributed by atoms with Gasteiger partial charge in [-0.15, -0.1) is 0 Å². The largest absolute Gasteiger partial charge is 0.354 e. The Bertz CT molecular complexity index is 369. The van der Waals surface area contributed by atoms with Crippen molar-refractivity contribution < 1.29 is 0 Å². The molecule has 1 aliphatic heterocycles. The van der Waals surface area contributed by atoms with E-state index in [2.05, 4.69) is 27.9 Å². The van der Waals surface area contributed by atoms with Crippen molar-refractivity contribution in [3.05, 3.63) is 18.1 Å². The average molecular weight is 188 g/mol. The summed E-state index contributed by atoms with van der Waals surface area (Å²) >= 11 is 0. The highest BCUT2D eigenvalue weighted by Crippen LogP contribution is 2.22. The van der Waals surface area contributed by atoms with Crippen LogP contribution in [0.15, 0.2) is 12.4 Å². The second kappa shape index (κ2) is 3.62. The van der Waals surface area contributed by atoms with Crippen LogP contribution >= 0.6 is 0 Å². The van der Waals surface area contributed by atoms with Crippen molar-refractivity contribution in [3.63, 3.8) is 0 Å². The fraction of sp³-hybridized carbons (Fsp3) is 0.500. The molecule has 1 fully saturated rings. The molecule has 72 valence electrons. The smallest absolute Gasteiger partial charge is 0.183 e. The van der Waals surface area contributed by atoms with E-state index in [-0.39, 0.29) is 0 Å². The van der Waals surface area contributed by atoms with Gasteiger partial charge in [-0.2, -0.15) is 5.26 Å². The topological polar surface area (TPSA) is 52.8 Å². The van der Waals surface area contributed by atoms with Crippen LogP contribution in [0.25, 0.3) is 0 Å². The molecule has 4 heteroatoms. The zero-order chi connectivity index (χ0) is 9.97. The fourth-order valence-electron chi connectivity index (χ4n) is 1.77. The lowest BCUT2D eigenvalue weighted by atomic mass is 10.2. The van der Waals surface area contributed by atoms with Crippen LogP contribution in [-0.4, -0.2) is 23.1 Å². The first-order valence-electron chi connectivity index (χ1n) is 4.77. The number of anilines is 1. The molecule has 0 radical (unpaired) electrons. The molecule has 0 N–H and O–H groups in total. The highest BCUT2D eigenvalue weighted by molar-refractivity contribution is 5.50. The number of nitrogens with zero attached hydrogens (tertiary/aromatic N) is 4. The van der Waals surface area contributed by atoms with Gasteiger partial charge in [-0.3, -0.25) is 0 Å². The second-order valence-electron chi connectivity index (χ2n) is 3.68. The lowest BCUT2D eigenvalue weighted by Gasteiger charge is -2.16. The third kappa shape index (κ3) is 1.53. The van der Waals surface area contributed by atoms with Crippen LogP contribution in [0.2, 0.25) is 0 Å². The van der Waals surface area contributed by atoms with E-state index < -0.39 is 0 Å². The quantitative estimate of drug-likeness (QED) is 0.664. The Morgan fingerprint density at radius 2 is 2.29 bits per heavy atom. The summed E-state index contributed by atoms with van der Waals surface area (Å²) in [6.45, 7) is 4.17. The molecule has 0 aromatic carbocycles. The van der Waals surface area contributed by atoms with E-state index in [1.54, 1.807) is 12.4 Å². The van der Waals surface area contributed by atoms with Crippen LogP contribution in [-0.2, 0) is 0 Å². The standard InChI is InChI=1S/C10H12N4/c1-8-2-5-14(7-8)10-9(6-11)12-3-4-13-10/h3-4,8H,2,5,7H2,1H3/t8-/m1/s1. The zero-order valence-electron chi connectivity index (χ0n) is 8.14. The van der Waals surface area contributed by atoms with E-state index in [0.717, 1.165) is 18.9 Å². The number of hydrogen-bond acceptors (Lipinski definition) is 4. The summed E-state index contributed by atoms with van der Waals surface area (Å²) in [7, 11) is 0. The first kappa shape index (κ1) is 8.95. The van der Waals surface area contributed by atoms with Gasteiger partial charge in [0, 0.05) is 25.5 Å². The number of nitriles is 1. The van der Waals surface area contributed by atoms with Gasteiger partial charge in [0.05, 0.1) is 0 Å². The molecule has 1 aromatic rings. The lowest BCUT2D eigenvalue weighted by molar-refractivity contribution is 0.658. The van der Waals surface area contributed by atoms with Crippen LogP contribution in [0.3, 0.4) is 0 Å². The van der Waals surface area contributed by atoms with Gasteiger partial charge in [-0.25, -0.2) is 9.97 Å². The Kier molecular flexibility index (Phi) is 2.32. The average Bonchev–Trinajstić information content (AvgIpc) is 2.65. The summed E-state index contributed by atoms with van der Waals surface area (Å²) in [5.41, 5.74) is 0.432. The molecule has 1 saturated heterocycles. The monoisotopic (exact) mass is 188 g/mol. The minimum atomic E-state index is 0.432. The van der Waals surface area contributed by atoms with E-state index in [9.17, 15) is 0 Å². The third-order valence-electron chi connectivity index (χ3n) is 2.51. The summed E-state index contributed by atoms with van der Waals surface area (Å²) < 4.78 is 0. The molecule has 1 aromatic heterocycles. The first-order valence-corrected chi connectivity index (χ1v) is 4.77. The van der Waals surface area contributed by atoms with Crippen molar-refractivity contribution in [1.29, 1.82) is 5.26 Å². The summed E-state index contributed by atoms with van der Waals surface area (Å²) in [5, 5.41) is 8.87. The number of rotatable bonds is 1. The Morgan fingerprint density at radius 1 is 1.50 bits per heavy atom. The van der Waals surface area contributed by atoms with Gasteiger partial charge >= 0.3 is 0 Å². The van der Waals surface area contributed by atoms with E-state index in [4.69, 9.17) is 5.26 Å². The van der Waals surface area contributed by atoms with Gasteiger partial charge in [-0.05, 0) is 12.3 Å². The van der Waals surface area contributed by atoms with E-state index in [1.165, 1.54) is 6.42 Å². The highest BCUT2D eigenvalue weighted by atomic mass is 15.2. The van der Waals surface area contributed by atoms with E-state index >= 15 is 0 Å². The molecule has 0 aliphatic carbocycles. The predicted molar refractivity (Wildman–Crippen MR) is 52.7 cm³/mol. The second-order valence-corrected chi connectivity index (χ2v) is 3.68. The molecule has 0 bridgehead atoms. The molecule has 2 rings (SSSR count). The van der Waals surface area contributed by atoms with Crippen molar-refractivity contribution in [3.8, 4) is 6.07 Å². The molecular weight excluding hydrogens is 176 g/mol. The summed E-state index contributed by atoms with van der Waals surface area (Å²) in [4.78, 5) is 10.3. The van der Waals surface area contributed by atoms with Crippen molar-refractivity contribution in [2.24, 2.45) is 5.92 Å². The third-order valence-corrected chi connectivity index (χ3v) is 2.51. The molecule has 0 amide bonds. The summed E-state index contributed by atoms with van der Waals surface area (Å²) in [5.74, 6) is 1.42. The normalized spacial score (nSPS) is 20.9. The minimum absolute atomic E-state index is 0.432. The van der Waals surface area contributed by atoms with Crippen molar-refractivity contribution in [2.75, 3.05) is 18.0 Å². The number of hydrogen-bond donors (Lipinski definition) is 0. The SMILES string of the molecule is C[C@@H]1CCN(c2nccnc2C#N)C1. The molecule has 0 saturated carbocycles. The molecule has 0 unspecified atom stereocenters. The Morgan fingerprint density at radius 3 is 2.93 bits per heavy atom. The van der Waals surface area contributed by atoms with Crippen LogP contribution in [0, 0.1) is 17.2 Å². The molecule has 1 atom stereocenters. The summed E-state index contributed by atoms with van der Waals surface area (Å²) in [6, 6.07) is 2.07. The van der Waals surface area contributed by atoms with Gasteiger partial charge in [0.15, 0.2) is 11.5 Å². The lowest BCUT2D eigenvalue weighted by Crippen LogP contribution is -2.21. The maximum Gasteiger partial charge on any atom is 0.183 e. The minimum Gasteiger partial charge on any atom is -0.354 e. The summed E-state index contributed by atoms with van der Waals surface area (Å²) in [6.07, 6.45) is 4.36. The van der Waals surface area contributed by atoms with Crippen LogP contribution in [0.4, 0.5) is 5.82 Å². The van der Waals surface area contributed by atoms with Gasteiger partial charge < -0.3 is 4.90 Å². The Balaban J connectivity index is 2.28. The maximum absolute atomic E-state index is 8.87. The fourth-order valence-corrected chi connectivity index (χ4v) is 1.77. The first-order chi connectivity index (χ1) is 6.81. The van der Waals surface area contributed by atoms with Crippen LogP contribution in [0.1, 0.15) is 19.0 Å². The molecule has 2 heterocycles. The molecule has 4 nitrogen and oxygen atoms in total. The molecule has 1 aliphatic rings. The molecular formula is C10H12N4. The number of aromatic nitrogens is 2. The highest BCUT2D eigenvalue weighted by Gasteiger charge is 2.22. The maximum atomic E-state index is 8.87. The van der Waals surface area contributed by atoms with E-state index in [0.29, 0.717) is 11.6 Å². The Hall–Kier alpha value is -1.63. The van der Waals surface area contributed by atoms with Crippen molar-refractivity contribution in [1.82, 2.24) is 9.97 Å². The van der Waals surface area contributed by atoms with Gasteiger partial charge in [0.2, 0.25) is 0 Å². The van der Waals surface area contributed by atoms with Gasteiger partial charge in [0.25, 0.3) is 0 Å². The van der Waals surface area contributed by atoms with Gasteiger partial charge in [-0.1, -0.05) is 6.92 Å². The zero-order valence-corrected chi connectivity index (χ0v) is 8.14. The molecule has 14 heavy (non-hydrogen) atoms. The Labute approximate surface area is 83.2 Å².